The zero-order valence-electron chi connectivity index (χ0n) is 17.4. The second-order valence-corrected chi connectivity index (χ2v) is 7.90. The Bertz CT molecular complexity index is 920. The predicted octanol–water partition coefficient (Wildman–Crippen LogP) is 3.35. The number of carbonyl (C=O) groups is 2. The number of anilines is 1. The Morgan fingerprint density at radius 2 is 1.77 bits per heavy atom. The molecule has 7 nitrogen and oxygen atoms in total. The Kier molecular flexibility index (Phi) is 5.88. The third-order valence-corrected chi connectivity index (χ3v) is 5.68. The SMILES string of the molecule is COc1cc(OC)cc(-c2cccc(NC(=O)C3CCCN(C(=O)C4CC4)C3)n2)c1. The van der Waals surface area contributed by atoms with Crippen LogP contribution in [0.1, 0.15) is 25.7 Å². The molecule has 1 unspecified atom stereocenters. The van der Waals surface area contributed by atoms with E-state index in [0.29, 0.717) is 29.6 Å². The minimum atomic E-state index is -0.205. The molecule has 1 N–H and O–H groups in total. The lowest BCUT2D eigenvalue weighted by molar-refractivity contribution is -0.135. The molecule has 1 saturated carbocycles. The molecule has 0 bridgehead atoms. The Balaban J connectivity index is 1.46. The van der Waals surface area contributed by atoms with Crippen molar-refractivity contribution in [3.63, 3.8) is 0 Å². The van der Waals surface area contributed by atoms with E-state index < -0.39 is 0 Å². The number of rotatable bonds is 6. The van der Waals surface area contributed by atoms with Gasteiger partial charge in [-0.3, -0.25) is 9.59 Å². The van der Waals surface area contributed by atoms with Crippen molar-refractivity contribution in [2.75, 3.05) is 32.6 Å². The van der Waals surface area contributed by atoms with Crippen molar-refractivity contribution in [2.24, 2.45) is 11.8 Å². The largest absolute Gasteiger partial charge is 0.497 e. The molecule has 2 aliphatic rings. The molecule has 1 saturated heterocycles. The van der Waals surface area contributed by atoms with E-state index in [1.807, 2.05) is 29.2 Å². The summed E-state index contributed by atoms with van der Waals surface area (Å²) in [7, 11) is 3.20. The first-order chi connectivity index (χ1) is 14.6. The lowest BCUT2D eigenvalue weighted by Gasteiger charge is -2.32. The summed E-state index contributed by atoms with van der Waals surface area (Å²) in [4.78, 5) is 31.7. The van der Waals surface area contributed by atoms with Gasteiger partial charge in [-0.1, -0.05) is 6.07 Å². The fourth-order valence-electron chi connectivity index (χ4n) is 3.83. The molecule has 30 heavy (non-hydrogen) atoms. The monoisotopic (exact) mass is 409 g/mol. The number of hydrogen-bond donors (Lipinski definition) is 1. The van der Waals surface area contributed by atoms with E-state index in [9.17, 15) is 9.59 Å². The fraction of sp³-hybridized carbons (Fsp3) is 0.435. The van der Waals surface area contributed by atoms with Crippen molar-refractivity contribution >= 4 is 17.6 Å². The summed E-state index contributed by atoms with van der Waals surface area (Å²) in [5.74, 6) is 1.93. The third-order valence-electron chi connectivity index (χ3n) is 5.68. The maximum absolute atomic E-state index is 12.8. The van der Waals surface area contributed by atoms with E-state index in [-0.39, 0.29) is 23.7 Å². The molecule has 1 aromatic carbocycles. The number of ether oxygens (including phenoxy) is 2. The summed E-state index contributed by atoms with van der Waals surface area (Å²) in [6, 6.07) is 11.0. The van der Waals surface area contributed by atoms with Gasteiger partial charge in [-0.15, -0.1) is 0 Å². The highest BCUT2D eigenvalue weighted by molar-refractivity contribution is 5.92. The van der Waals surface area contributed by atoms with Crippen LogP contribution in [0.5, 0.6) is 11.5 Å². The first-order valence-corrected chi connectivity index (χ1v) is 10.4. The number of amides is 2. The Morgan fingerprint density at radius 3 is 2.43 bits per heavy atom. The zero-order chi connectivity index (χ0) is 21.1. The van der Waals surface area contributed by atoms with Gasteiger partial charge in [0, 0.05) is 30.6 Å². The number of piperidine rings is 1. The molecule has 1 atom stereocenters. The van der Waals surface area contributed by atoms with E-state index in [4.69, 9.17) is 9.47 Å². The van der Waals surface area contributed by atoms with Crippen LogP contribution in [-0.4, -0.2) is 49.0 Å². The quantitative estimate of drug-likeness (QED) is 0.791. The van der Waals surface area contributed by atoms with Gasteiger partial charge in [-0.25, -0.2) is 4.98 Å². The van der Waals surface area contributed by atoms with Crippen LogP contribution in [0.15, 0.2) is 36.4 Å². The van der Waals surface area contributed by atoms with Gasteiger partial charge in [-0.05, 0) is 49.9 Å². The molecular weight excluding hydrogens is 382 g/mol. The molecule has 2 fully saturated rings. The van der Waals surface area contributed by atoms with E-state index in [1.54, 1.807) is 26.4 Å². The standard InChI is InChI=1S/C23H27N3O4/c1-29-18-11-17(12-19(13-18)30-2)20-6-3-7-21(24-20)25-22(27)16-5-4-10-26(14-16)23(28)15-8-9-15/h3,6-7,11-13,15-16H,4-5,8-10,14H2,1-2H3,(H,24,25,27). The molecule has 0 radical (unpaired) electrons. The minimum Gasteiger partial charge on any atom is -0.497 e. The van der Waals surface area contributed by atoms with Crippen molar-refractivity contribution in [1.82, 2.24) is 9.88 Å². The molecule has 2 heterocycles. The summed E-state index contributed by atoms with van der Waals surface area (Å²) in [6.45, 7) is 1.25. The van der Waals surface area contributed by atoms with E-state index in [0.717, 1.165) is 37.8 Å². The van der Waals surface area contributed by atoms with E-state index >= 15 is 0 Å². The van der Waals surface area contributed by atoms with Crippen LogP contribution in [0.2, 0.25) is 0 Å². The normalized spacial score (nSPS) is 18.6. The smallest absolute Gasteiger partial charge is 0.230 e. The number of benzene rings is 1. The van der Waals surface area contributed by atoms with Gasteiger partial charge in [0.1, 0.15) is 17.3 Å². The van der Waals surface area contributed by atoms with Gasteiger partial charge in [0.25, 0.3) is 0 Å². The number of carbonyl (C=O) groups excluding carboxylic acids is 2. The molecule has 4 rings (SSSR count). The van der Waals surface area contributed by atoms with Crippen molar-refractivity contribution in [3.8, 4) is 22.8 Å². The molecule has 2 aromatic rings. The van der Waals surface area contributed by atoms with Crippen molar-refractivity contribution in [1.29, 1.82) is 0 Å². The number of hydrogen-bond acceptors (Lipinski definition) is 5. The van der Waals surface area contributed by atoms with Crippen LogP contribution >= 0.6 is 0 Å². The minimum absolute atomic E-state index is 0.0869. The number of aromatic nitrogens is 1. The Hall–Kier alpha value is -3.09. The van der Waals surface area contributed by atoms with Crippen LogP contribution in [0.25, 0.3) is 11.3 Å². The van der Waals surface area contributed by atoms with Gasteiger partial charge < -0.3 is 19.7 Å². The molecular formula is C23H27N3O4. The summed E-state index contributed by atoms with van der Waals surface area (Å²) < 4.78 is 10.7. The first kappa shape index (κ1) is 20.2. The number of nitrogens with zero attached hydrogens (tertiary/aromatic N) is 2. The Morgan fingerprint density at radius 1 is 1.03 bits per heavy atom. The van der Waals surface area contributed by atoms with Crippen LogP contribution in [-0.2, 0) is 9.59 Å². The average Bonchev–Trinajstić information content (AvgIpc) is 3.64. The molecule has 158 valence electrons. The molecule has 1 aromatic heterocycles. The second-order valence-electron chi connectivity index (χ2n) is 7.90. The molecule has 7 heteroatoms. The van der Waals surface area contributed by atoms with Crippen molar-refractivity contribution in [2.45, 2.75) is 25.7 Å². The molecule has 1 aliphatic heterocycles. The maximum atomic E-state index is 12.8. The second kappa shape index (κ2) is 8.73. The first-order valence-electron chi connectivity index (χ1n) is 10.4. The number of methoxy groups -OCH3 is 2. The van der Waals surface area contributed by atoms with Crippen LogP contribution in [0, 0.1) is 11.8 Å². The van der Waals surface area contributed by atoms with Crippen LogP contribution in [0.4, 0.5) is 5.82 Å². The molecule has 0 spiro atoms. The Labute approximate surface area is 176 Å². The zero-order valence-corrected chi connectivity index (χ0v) is 17.4. The van der Waals surface area contributed by atoms with E-state index in [1.165, 1.54) is 0 Å². The molecule has 1 aliphatic carbocycles. The summed E-state index contributed by atoms with van der Waals surface area (Å²) in [5.41, 5.74) is 1.54. The van der Waals surface area contributed by atoms with Gasteiger partial charge in [0.05, 0.1) is 25.8 Å². The lowest BCUT2D eigenvalue weighted by Crippen LogP contribution is -2.44. The topological polar surface area (TPSA) is 80.8 Å². The third kappa shape index (κ3) is 4.56. The van der Waals surface area contributed by atoms with Gasteiger partial charge in [-0.2, -0.15) is 0 Å². The summed E-state index contributed by atoms with van der Waals surface area (Å²) in [6.07, 6.45) is 3.61. The highest BCUT2D eigenvalue weighted by Gasteiger charge is 2.36. The van der Waals surface area contributed by atoms with Gasteiger partial charge >= 0.3 is 0 Å². The van der Waals surface area contributed by atoms with Crippen molar-refractivity contribution in [3.05, 3.63) is 36.4 Å². The highest BCUT2D eigenvalue weighted by Crippen LogP contribution is 2.33. The number of nitrogens with one attached hydrogen (secondary N) is 1. The van der Waals surface area contributed by atoms with Crippen molar-refractivity contribution < 1.29 is 19.1 Å². The lowest BCUT2D eigenvalue weighted by atomic mass is 9.96. The fourth-order valence-corrected chi connectivity index (χ4v) is 3.83. The number of pyridine rings is 1. The van der Waals surface area contributed by atoms with Gasteiger partial charge in [0.2, 0.25) is 11.8 Å². The van der Waals surface area contributed by atoms with Gasteiger partial charge in [0.15, 0.2) is 0 Å². The molecule has 2 amide bonds. The maximum Gasteiger partial charge on any atom is 0.230 e. The predicted molar refractivity (Wildman–Crippen MR) is 113 cm³/mol. The number of likely N-dealkylation sites (tertiary alicyclic amines) is 1. The van der Waals surface area contributed by atoms with Crippen LogP contribution in [0.3, 0.4) is 0 Å². The van der Waals surface area contributed by atoms with Crippen LogP contribution < -0.4 is 14.8 Å². The summed E-state index contributed by atoms with van der Waals surface area (Å²) in [5, 5.41) is 2.93. The average molecular weight is 409 g/mol. The van der Waals surface area contributed by atoms with E-state index in [2.05, 4.69) is 10.3 Å². The highest BCUT2D eigenvalue weighted by atomic mass is 16.5. The summed E-state index contributed by atoms with van der Waals surface area (Å²) >= 11 is 0.